The molecule has 7 heteroatoms. The summed E-state index contributed by atoms with van der Waals surface area (Å²) in [7, 11) is 3.24. The summed E-state index contributed by atoms with van der Waals surface area (Å²) < 4.78 is 13.0. The number of fused-ring (bicyclic) bond motifs is 3. The SMILES string of the molecule is CCCCc1ccc(O)c2sc3nc(COC)n(CCc4ccc(OC)cc4)c(=O)c3c12. The van der Waals surface area contributed by atoms with Gasteiger partial charge in [0.2, 0.25) is 0 Å². The first-order valence-corrected chi connectivity index (χ1v) is 11.7. The van der Waals surface area contributed by atoms with Gasteiger partial charge in [-0.3, -0.25) is 9.36 Å². The van der Waals surface area contributed by atoms with Crippen LogP contribution in [0.1, 0.15) is 36.7 Å². The fraction of sp³-hybridized carbons (Fsp3) is 0.360. The number of aromatic hydroxyl groups is 1. The fourth-order valence-corrected chi connectivity index (χ4v) is 5.17. The number of hydrogen-bond donors (Lipinski definition) is 1. The van der Waals surface area contributed by atoms with Crippen molar-refractivity contribution >= 4 is 31.6 Å². The van der Waals surface area contributed by atoms with Crippen molar-refractivity contribution in [3.05, 3.63) is 63.7 Å². The molecule has 0 amide bonds. The highest BCUT2D eigenvalue weighted by molar-refractivity contribution is 7.25. The van der Waals surface area contributed by atoms with Gasteiger partial charge in [-0.2, -0.15) is 0 Å². The third kappa shape index (κ3) is 4.23. The topological polar surface area (TPSA) is 73.6 Å². The Bertz CT molecular complexity index is 1290. The number of aromatic nitrogens is 2. The first kappa shape index (κ1) is 22.3. The molecule has 2 aromatic heterocycles. The van der Waals surface area contributed by atoms with Gasteiger partial charge in [0.05, 0.1) is 17.2 Å². The molecular weight excluding hydrogens is 424 g/mol. The summed E-state index contributed by atoms with van der Waals surface area (Å²) in [5.41, 5.74) is 2.12. The lowest BCUT2D eigenvalue weighted by atomic mass is 10.0. The van der Waals surface area contributed by atoms with Gasteiger partial charge >= 0.3 is 0 Å². The van der Waals surface area contributed by atoms with Crippen molar-refractivity contribution in [1.29, 1.82) is 0 Å². The number of ether oxygens (including phenoxy) is 2. The van der Waals surface area contributed by atoms with Crippen molar-refractivity contribution in [2.24, 2.45) is 0 Å². The Labute approximate surface area is 191 Å². The first-order valence-electron chi connectivity index (χ1n) is 10.9. The quantitative estimate of drug-likeness (QED) is 0.384. The molecule has 4 rings (SSSR count). The minimum Gasteiger partial charge on any atom is -0.506 e. The number of phenols is 1. The van der Waals surface area contributed by atoms with Gasteiger partial charge in [0.15, 0.2) is 0 Å². The van der Waals surface area contributed by atoms with Crippen molar-refractivity contribution in [3.63, 3.8) is 0 Å². The van der Waals surface area contributed by atoms with E-state index < -0.39 is 0 Å². The Hall–Kier alpha value is -2.90. The normalized spacial score (nSPS) is 11.5. The third-order valence-electron chi connectivity index (χ3n) is 5.74. The Morgan fingerprint density at radius 1 is 1.06 bits per heavy atom. The Balaban J connectivity index is 1.84. The van der Waals surface area contributed by atoms with E-state index in [1.807, 2.05) is 30.3 Å². The second-order valence-electron chi connectivity index (χ2n) is 7.85. The summed E-state index contributed by atoms with van der Waals surface area (Å²) in [6.07, 6.45) is 3.64. The summed E-state index contributed by atoms with van der Waals surface area (Å²) in [6, 6.07) is 11.5. The zero-order chi connectivity index (χ0) is 22.7. The molecule has 6 nitrogen and oxygen atoms in total. The van der Waals surface area contributed by atoms with Crippen molar-refractivity contribution in [1.82, 2.24) is 9.55 Å². The molecule has 1 N–H and O–H groups in total. The molecule has 0 aliphatic carbocycles. The number of unbranched alkanes of at least 4 members (excludes halogenated alkanes) is 1. The maximum Gasteiger partial charge on any atom is 0.262 e. The number of hydrogen-bond acceptors (Lipinski definition) is 6. The molecule has 168 valence electrons. The van der Waals surface area contributed by atoms with Crippen LogP contribution in [0.15, 0.2) is 41.2 Å². The summed E-state index contributed by atoms with van der Waals surface area (Å²) >= 11 is 1.37. The molecule has 0 unspecified atom stereocenters. The molecule has 0 bridgehead atoms. The molecule has 0 radical (unpaired) electrons. The fourth-order valence-electron chi connectivity index (χ4n) is 4.03. The first-order chi connectivity index (χ1) is 15.6. The van der Waals surface area contributed by atoms with E-state index in [9.17, 15) is 9.90 Å². The Morgan fingerprint density at radius 2 is 1.84 bits per heavy atom. The molecule has 0 aliphatic rings. The smallest absolute Gasteiger partial charge is 0.262 e. The lowest BCUT2D eigenvalue weighted by Gasteiger charge is -2.13. The lowest BCUT2D eigenvalue weighted by molar-refractivity contribution is 0.173. The molecule has 0 spiro atoms. The standard InChI is InChI=1S/C25H28N2O4S/c1-4-5-6-17-9-12-19(28)23-21(17)22-24(32-23)26-20(15-30-2)27(25(22)29)14-13-16-7-10-18(31-3)11-8-16/h7-12,28H,4-6,13-15H2,1-3H3. The average Bonchev–Trinajstić information content (AvgIpc) is 3.20. The predicted octanol–water partition coefficient (Wildman–Crippen LogP) is 5.06. The van der Waals surface area contributed by atoms with Gasteiger partial charge in [-0.05, 0) is 48.6 Å². The van der Waals surface area contributed by atoms with Gasteiger partial charge in [-0.1, -0.05) is 31.5 Å². The number of aryl methyl sites for hydroxylation is 2. The van der Waals surface area contributed by atoms with E-state index in [-0.39, 0.29) is 17.9 Å². The van der Waals surface area contributed by atoms with Crippen LogP contribution >= 0.6 is 11.3 Å². The number of thiophene rings is 1. The molecule has 0 fully saturated rings. The van der Waals surface area contributed by atoms with Crippen LogP contribution in [-0.4, -0.2) is 28.9 Å². The van der Waals surface area contributed by atoms with Crippen LogP contribution in [-0.2, 0) is 30.7 Å². The highest BCUT2D eigenvalue weighted by Crippen LogP contribution is 2.39. The molecule has 32 heavy (non-hydrogen) atoms. The van der Waals surface area contributed by atoms with Crippen LogP contribution in [0.5, 0.6) is 11.5 Å². The second kappa shape index (κ2) is 9.71. The molecule has 0 atom stereocenters. The second-order valence-corrected chi connectivity index (χ2v) is 8.85. The monoisotopic (exact) mass is 452 g/mol. The number of benzene rings is 2. The highest BCUT2D eigenvalue weighted by atomic mass is 32.1. The van der Waals surface area contributed by atoms with Crippen molar-refractivity contribution < 1.29 is 14.6 Å². The van der Waals surface area contributed by atoms with Crippen molar-refractivity contribution in [3.8, 4) is 11.5 Å². The molecule has 0 aliphatic heterocycles. The third-order valence-corrected chi connectivity index (χ3v) is 6.85. The molecule has 0 saturated heterocycles. The van der Waals surface area contributed by atoms with E-state index in [0.29, 0.717) is 29.0 Å². The number of methoxy groups -OCH3 is 2. The van der Waals surface area contributed by atoms with E-state index in [4.69, 9.17) is 14.5 Å². The Kier molecular flexibility index (Phi) is 6.77. The van der Waals surface area contributed by atoms with Gasteiger partial charge < -0.3 is 14.6 Å². The van der Waals surface area contributed by atoms with Crippen LogP contribution in [0.4, 0.5) is 0 Å². The van der Waals surface area contributed by atoms with Crippen LogP contribution in [0, 0.1) is 0 Å². The number of phenolic OH excluding ortho intramolecular Hbond substituents is 1. The lowest BCUT2D eigenvalue weighted by Crippen LogP contribution is -2.26. The zero-order valence-corrected chi connectivity index (χ0v) is 19.5. The van der Waals surface area contributed by atoms with E-state index >= 15 is 0 Å². The summed E-state index contributed by atoms with van der Waals surface area (Å²) in [5.74, 6) is 1.60. The van der Waals surface area contributed by atoms with E-state index in [0.717, 1.165) is 46.2 Å². The zero-order valence-electron chi connectivity index (χ0n) is 18.7. The molecule has 2 aromatic carbocycles. The minimum atomic E-state index is -0.0786. The molecular formula is C25H28N2O4S. The van der Waals surface area contributed by atoms with Crippen LogP contribution in [0.2, 0.25) is 0 Å². The average molecular weight is 453 g/mol. The van der Waals surface area contributed by atoms with Gasteiger partial charge in [0, 0.05) is 19.0 Å². The largest absolute Gasteiger partial charge is 0.506 e. The summed E-state index contributed by atoms with van der Waals surface area (Å²) in [5, 5.41) is 11.9. The highest BCUT2D eigenvalue weighted by Gasteiger charge is 2.20. The van der Waals surface area contributed by atoms with Crippen molar-refractivity contribution in [2.45, 2.75) is 45.8 Å². The van der Waals surface area contributed by atoms with Crippen LogP contribution < -0.4 is 10.3 Å². The van der Waals surface area contributed by atoms with E-state index in [1.54, 1.807) is 24.9 Å². The van der Waals surface area contributed by atoms with Gasteiger partial charge in [0.1, 0.15) is 28.8 Å². The number of rotatable bonds is 9. The van der Waals surface area contributed by atoms with Crippen LogP contribution in [0.3, 0.4) is 0 Å². The summed E-state index contributed by atoms with van der Waals surface area (Å²) in [4.78, 5) is 19.2. The van der Waals surface area contributed by atoms with E-state index in [2.05, 4.69) is 6.92 Å². The number of nitrogens with zero attached hydrogens (tertiary/aromatic N) is 2. The predicted molar refractivity (Wildman–Crippen MR) is 129 cm³/mol. The van der Waals surface area contributed by atoms with E-state index in [1.165, 1.54) is 11.3 Å². The molecule has 0 saturated carbocycles. The maximum atomic E-state index is 13.7. The van der Waals surface area contributed by atoms with Crippen molar-refractivity contribution in [2.75, 3.05) is 14.2 Å². The summed E-state index contributed by atoms with van der Waals surface area (Å²) in [6.45, 7) is 2.89. The molecule has 4 aromatic rings. The Morgan fingerprint density at radius 3 is 2.53 bits per heavy atom. The minimum absolute atomic E-state index is 0.0786. The van der Waals surface area contributed by atoms with Gasteiger partial charge in [-0.15, -0.1) is 11.3 Å². The van der Waals surface area contributed by atoms with Gasteiger partial charge in [-0.25, -0.2) is 4.98 Å². The molecule has 2 heterocycles. The van der Waals surface area contributed by atoms with Gasteiger partial charge in [0.25, 0.3) is 5.56 Å². The maximum absolute atomic E-state index is 13.7. The van der Waals surface area contributed by atoms with Crippen LogP contribution in [0.25, 0.3) is 20.3 Å².